The Kier molecular flexibility index (Phi) is 18.2. The lowest BCUT2D eigenvalue weighted by atomic mass is 9.97. The molecule has 0 bridgehead atoms. The highest BCUT2D eigenvalue weighted by Crippen LogP contribution is 2.52. The first kappa shape index (κ1) is 74.3. The first-order valence-electron chi connectivity index (χ1n) is 43.1. The number of hydrogen-bond donors (Lipinski definition) is 0. The Bertz CT molecular complexity index is 8210. The van der Waals surface area contributed by atoms with E-state index < -0.39 is 0 Å². The smallest absolute Gasteiger partial charge is 0.138 e. The van der Waals surface area contributed by atoms with Gasteiger partial charge in [0.05, 0.1) is 17.1 Å². The van der Waals surface area contributed by atoms with Crippen LogP contribution in [0.5, 0.6) is 0 Å². The molecule has 0 radical (unpaired) electrons. The second-order valence-electron chi connectivity index (χ2n) is 32.6. The fourth-order valence-electron chi connectivity index (χ4n) is 19.3. The fraction of sp³-hybridized carbons (Fsp3) is 0. The van der Waals surface area contributed by atoms with Crippen LogP contribution in [0.25, 0.3) is 186 Å². The van der Waals surface area contributed by atoms with E-state index in [1.165, 1.54) is 60.0 Å². The summed E-state index contributed by atoms with van der Waals surface area (Å²) in [7, 11) is 0. The van der Waals surface area contributed by atoms with Crippen molar-refractivity contribution in [1.82, 2.24) is 0 Å². The van der Waals surface area contributed by atoms with E-state index in [0.717, 1.165) is 182 Å². The van der Waals surface area contributed by atoms with Crippen LogP contribution in [0.2, 0.25) is 5.02 Å². The fourth-order valence-corrected chi connectivity index (χ4v) is 19.5. The number of furan rings is 3. The summed E-state index contributed by atoms with van der Waals surface area (Å²) in [6, 6.07) is 164. The molecule has 596 valence electrons. The SMILES string of the molecule is Clc1ccc(-c2ccc(N(c3ccc(-c4ccccc4)cc3)c3cc4oc5ccc6ccccc6c5c4c4ccccc34)cc2)cc1.c1ccc(-c2ccc(N(c3ccc(-c4ccc(N(c5ccc(-c6ccccc6)cc5)c5cc6oc7ccc8ccccc8c7c6c6ccccc56)cc4)cc3)c3cc4oc5ccc6ccccc6c5c4c4ccccc34)cc2)cc1. The second kappa shape index (κ2) is 31.1. The zero-order valence-electron chi connectivity index (χ0n) is 68.8. The highest BCUT2D eigenvalue weighted by molar-refractivity contribution is 6.32. The summed E-state index contributed by atoms with van der Waals surface area (Å²) >= 11 is 6.18. The van der Waals surface area contributed by atoms with Crippen LogP contribution in [0.15, 0.2) is 474 Å². The van der Waals surface area contributed by atoms with Gasteiger partial charge in [0.15, 0.2) is 0 Å². The van der Waals surface area contributed by atoms with Crippen LogP contribution in [0, 0.1) is 0 Å². The third-order valence-electron chi connectivity index (χ3n) is 25.3. The molecule has 0 aliphatic carbocycles. The molecule has 0 saturated carbocycles. The maximum Gasteiger partial charge on any atom is 0.138 e. The summed E-state index contributed by atoms with van der Waals surface area (Å²) in [5.41, 5.74) is 26.2. The maximum absolute atomic E-state index is 6.82. The molecule has 0 aliphatic rings. The molecule has 7 heteroatoms. The van der Waals surface area contributed by atoms with E-state index in [4.69, 9.17) is 24.9 Å². The minimum Gasteiger partial charge on any atom is -0.456 e. The van der Waals surface area contributed by atoms with Crippen molar-refractivity contribution < 1.29 is 13.3 Å². The third kappa shape index (κ3) is 13.1. The Morgan fingerprint density at radius 3 is 0.583 bits per heavy atom. The minimum absolute atomic E-state index is 0.733. The molecule has 0 aliphatic heterocycles. The van der Waals surface area contributed by atoms with E-state index in [9.17, 15) is 0 Å². The Balaban J connectivity index is 0.000000163. The molecule has 22 aromatic carbocycles. The van der Waals surface area contributed by atoms with E-state index in [2.05, 4.69) is 464 Å². The van der Waals surface area contributed by atoms with Gasteiger partial charge in [-0.05, 0) is 207 Å². The molecule has 0 fully saturated rings. The number of anilines is 9. The average Bonchev–Trinajstić information content (AvgIpc) is 1.62. The normalized spacial score (nSPS) is 11.7. The zero-order valence-corrected chi connectivity index (χ0v) is 69.6. The molecule has 3 aromatic heterocycles. The van der Waals surface area contributed by atoms with Crippen LogP contribution >= 0.6 is 11.6 Å². The monoisotopic (exact) mass is 1640 g/mol. The van der Waals surface area contributed by atoms with Crippen molar-refractivity contribution in [1.29, 1.82) is 0 Å². The van der Waals surface area contributed by atoms with Gasteiger partial charge in [-0.1, -0.05) is 351 Å². The summed E-state index contributed by atoms with van der Waals surface area (Å²) in [5, 5.41) is 21.7. The summed E-state index contributed by atoms with van der Waals surface area (Å²) in [6.45, 7) is 0. The van der Waals surface area contributed by atoms with Crippen LogP contribution in [0.3, 0.4) is 0 Å². The average molecular weight is 1640 g/mol. The lowest BCUT2D eigenvalue weighted by molar-refractivity contribution is 0.669. The minimum atomic E-state index is 0.733. The van der Waals surface area contributed by atoms with Crippen LogP contribution in [-0.4, -0.2) is 0 Å². The topological polar surface area (TPSA) is 49.1 Å². The second-order valence-corrected chi connectivity index (χ2v) is 33.1. The van der Waals surface area contributed by atoms with Crippen molar-refractivity contribution in [3.63, 3.8) is 0 Å². The van der Waals surface area contributed by atoms with Crippen LogP contribution < -0.4 is 14.7 Å². The summed E-state index contributed by atoms with van der Waals surface area (Å²) in [4.78, 5) is 7.09. The van der Waals surface area contributed by atoms with Gasteiger partial charge in [0, 0.05) is 106 Å². The van der Waals surface area contributed by atoms with E-state index in [1.807, 2.05) is 12.1 Å². The van der Waals surface area contributed by atoms with Gasteiger partial charge in [-0.25, -0.2) is 0 Å². The maximum atomic E-state index is 6.82. The third-order valence-corrected chi connectivity index (χ3v) is 25.6. The van der Waals surface area contributed by atoms with Crippen molar-refractivity contribution in [2.24, 2.45) is 0 Å². The zero-order chi connectivity index (χ0) is 84.0. The van der Waals surface area contributed by atoms with Gasteiger partial charge in [0.1, 0.15) is 33.5 Å². The van der Waals surface area contributed by atoms with Crippen LogP contribution in [0.1, 0.15) is 0 Å². The molecule has 0 atom stereocenters. The summed E-state index contributed by atoms with van der Waals surface area (Å²) in [5.74, 6) is 0. The van der Waals surface area contributed by atoms with E-state index in [-0.39, 0.29) is 0 Å². The number of nitrogens with zero attached hydrogens (tertiary/aromatic N) is 3. The number of hydrogen-bond acceptors (Lipinski definition) is 6. The van der Waals surface area contributed by atoms with Gasteiger partial charge in [-0.15, -0.1) is 0 Å². The Hall–Kier alpha value is -16.5. The Labute approximate surface area is 737 Å². The van der Waals surface area contributed by atoms with Crippen molar-refractivity contribution >= 4 is 193 Å². The van der Waals surface area contributed by atoms with Gasteiger partial charge in [-0.2, -0.15) is 0 Å². The standard InChI is InChI=1S/C76H48N2O2.C44H28ClNO/c1-3-15-49(16-4-1)51-27-37-57(38-28-51)77(67-47-71-75(65-25-13-11-23-63(65)67)73-61-21-9-7-19-55(61)35-45-69(73)79-71)59-41-31-53(32-42-59)54-33-43-60(44-34-54)78(58-39-29-52(30-40-58)50-17-5-2-6-18-50)68-48-72-76(66-26-14-12-24-64(66)68)74-62-22-10-8-20-56(62)36-46-70(74)80-72;45-34-21-14-30(15-22-34)32-18-25-36(26-19-32)46(35-23-16-31(17-24-35)29-8-2-1-3-9-29)40-28-42-44(39-13-7-6-12-38(39)40)43-37-11-5-4-10-33(37)20-27-41(43)47-42/h1-48H;1-28H. The molecule has 3 heterocycles. The molecule has 0 saturated heterocycles. The molecule has 127 heavy (non-hydrogen) atoms. The number of rotatable bonds is 14. The first-order chi connectivity index (χ1) is 62.9. The molecule has 6 nitrogen and oxygen atoms in total. The summed E-state index contributed by atoms with van der Waals surface area (Å²) in [6.07, 6.45) is 0. The molecule has 0 amide bonds. The Morgan fingerprint density at radius 1 is 0.150 bits per heavy atom. The summed E-state index contributed by atoms with van der Waals surface area (Å²) < 4.78 is 20.3. The predicted octanol–water partition coefficient (Wildman–Crippen LogP) is 35.4. The van der Waals surface area contributed by atoms with Crippen LogP contribution in [-0.2, 0) is 0 Å². The van der Waals surface area contributed by atoms with Gasteiger partial charge >= 0.3 is 0 Å². The molecule has 25 aromatic rings. The molecule has 0 N–H and O–H groups in total. The molecule has 0 unspecified atom stereocenters. The van der Waals surface area contributed by atoms with Gasteiger partial charge in [-0.3, -0.25) is 0 Å². The lowest BCUT2D eigenvalue weighted by Crippen LogP contribution is -2.11. The van der Waals surface area contributed by atoms with E-state index >= 15 is 0 Å². The highest BCUT2D eigenvalue weighted by atomic mass is 35.5. The van der Waals surface area contributed by atoms with Crippen molar-refractivity contribution in [2.45, 2.75) is 0 Å². The Morgan fingerprint density at radius 2 is 0.339 bits per heavy atom. The highest BCUT2D eigenvalue weighted by Gasteiger charge is 2.27. The van der Waals surface area contributed by atoms with Gasteiger partial charge < -0.3 is 28.0 Å². The molecule has 0 spiro atoms. The van der Waals surface area contributed by atoms with E-state index in [0.29, 0.717) is 0 Å². The van der Waals surface area contributed by atoms with Crippen molar-refractivity contribution in [3.05, 3.63) is 466 Å². The molecule has 25 rings (SSSR count). The molecular formula is C120H76ClN3O3. The largest absolute Gasteiger partial charge is 0.456 e. The van der Waals surface area contributed by atoms with Gasteiger partial charge in [0.25, 0.3) is 0 Å². The molecular weight excluding hydrogens is 1570 g/mol. The number of halogens is 1. The van der Waals surface area contributed by atoms with Crippen molar-refractivity contribution in [3.8, 4) is 55.6 Å². The van der Waals surface area contributed by atoms with Crippen molar-refractivity contribution in [2.75, 3.05) is 14.7 Å². The first-order valence-corrected chi connectivity index (χ1v) is 43.5. The predicted molar refractivity (Wildman–Crippen MR) is 536 cm³/mol. The lowest BCUT2D eigenvalue weighted by Gasteiger charge is -2.28. The quantitative estimate of drug-likeness (QED) is 0.108. The van der Waals surface area contributed by atoms with Gasteiger partial charge in [0.2, 0.25) is 0 Å². The number of fused-ring (bicyclic) bond motifs is 21. The van der Waals surface area contributed by atoms with E-state index in [1.54, 1.807) is 0 Å². The number of benzene rings is 22. The van der Waals surface area contributed by atoms with Crippen LogP contribution in [0.4, 0.5) is 51.2 Å².